The monoisotopic (exact) mass is 1010 g/mol. The molecule has 0 heterocycles. The fourth-order valence-electron chi connectivity index (χ4n) is 8.48. The van der Waals surface area contributed by atoms with Crippen molar-refractivity contribution in [2.75, 3.05) is 13.2 Å². The highest BCUT2D eigenvalue weighted by Gasteiger charge is 2.19. The molecule has 6 heteroatoms. The fraction of sp³-hybridized carbons (Fsp3) is 0.716. The van der Waals surface area contributed by atoms with Gasteiger partial charge in [0.05, 0.1) is 0 Å². The molecule has 0 aromatic carbocycles. The summed E-state index contributed by atoms with van der Waals surface area (Å²) in [4.78, 5) is 37.9. The largest absolute Gasteiger partial charge is 0.462 e. The van der Waals surface area contributed by atoms with Crippen molar-refractivity contribution in [3.05, 3.63) is 97.2 Å². The second-order valence-electron chi connectivity index (χ2n) is 20.2. The normalized spacial score (nSPS) is 12.8. The maximum Gasteiger partial charge on any atom is 0.306 e. The van der Waals surface area contributed by atoms with Gasteiger partial charge in [-0.3, -0.25) is 14.4 Å². The number of carbonyl (C=O) groups excluding carboxylic acids is 3. The van der Waals surface area contributed by atoms with E-state index in [1.807, 2.05) is 0 Å². The van der Waals surface area contributed by atoms with Gasteiger partial charge in [0, 0.05) is 19.3 Å². The average molecular weight is 1020 g/mol. The summed E-state index contributed by atoms with van der Waals surface area (Å²) in [6, 6.07) is 0. The SMILES string of the molecule is CC/C=C\C/C=C\C/C=C\C/C=C\C/C=C\C/C=C\C/C=C\CCCCCCCCCCCC(=O)OCC(COC(=O)CCCCCCC)OC(=O)CCCCCCCCCCC/C=C\CCCCCCCC. The zero-order chi connectivity index (χ0) is 52.9. The van der Waals surface area contributed by atoms with Crippen LogP contribution in [0.25, 0.3) is 0 Å². The number of ether oxygens (including phenoxy) is 3. The number of unbranched alkanes of at least 4 members (excludes halogenated alkanes) is 28. The molecule has 0 bridgehead atoms. The van der Waals surface area contributed by atoms with Crippen LogP contribution in [0, 0.1) is 0 Å². The molecule has 1 atom stereocenters. The van der Waals surface area contributed by atoms with Gasteiger partial charge in [-0.1, -0.05) is 266 Å². The first-order valence-electron chi connectivity index (χ1n) is 30.7. The van der Waals surface area contributed by atoms with Crippen LogP contribution in [0.1, 0.15) is 290 Å². The van der Waals surface area contributed by atoms with Gasteiger partial charge in [-0.25, -0.2) is 0 Å². The lowest BCUT2D eigenvalue weighted by Gasteiger charge is -2.18. The summed E-state index contributed by atoms with van der Waals surface area (Å²) in [5.41, 5.74) is 0. The van der Waals surface area contributed by atoms with Crippen LogP contribution in [0.15, 0.2) is 97.2 Å². The molecule has 0 aliphatic carbocycles. The standard InChI is InChI=1S/C67H114O6/c1-4-7-10-13-15-17-19-21-23-25-27-28-29-30-31-32-33-34-35-36-37-38-40-41-43-45-47-49-51-54-57-60-66(69)72-63-64(62-71-65(68)59-56-53-12-9-6-3)73-67(70)61-58-55-52-50-48-46-44-42-39-26-24-22-20-18-16-14-11-8-5-2/h7,10,15,17,21-24,27-28,30-31,33-34,36-37,64H,4-6,8-9,11-14,16,18-20,25-26,29,32,35,38-63H2,1-3H3/b10-7-,17-15-,23-21-,24-22-,28-27-,31-30-,34-33-,37-36-. The number of rotatable bonds is 55. The number of carbonyl (C=O) groups is 3. The highest BCUT2D eigenvalue weighted by Crippen LogP contribution is 2.15. The Kier molecular flexibility index (Phi) is 57.8. The Morgan fingerprint density at radius 2 is 0.534 bits per heavy atom. The average Bonchev–Trinajstić information content (AvgIpc) is 3.39. The number of esters is 3. The van der Waals surface area contributed by atoms with Gasteiger partial charge in [-0.15, -0.1) is 0 Å². The summed E-state index contributed by atoms with van der Waals surface area (Å²) in [5, 5.41) is 0. The van der Waals surface area contributed by atoms with E-state index in [0.29, 0.717) is 19.3 Å². The van der Waals surface area contributed by atoms with Crippen LogP contribution in [-0.2, 0) is 28.6 Å². The molecule has 6 nitrogen and oxygen atoms in total. The molecule has 73 heavy (non-hydrogen) atoms. The van der Waals surface area contributed by atoms with Crippen molar-refractivity contribution < 1.29 is 28.6 Å². The smallest absolute Gasteiger partial charge is 0.306 e. The molecular formula is C67H114O6. The fourth-order valence-corrected chi connectivity index (χ4v) is 8.48. The van der Waals surface area contributed by atoms with Gasteiger partial charge in [0.15, 0.2) is 6.10 Å². The van der Waals surface area contributed by atoms with E-state index in [4.69, 9.17) is 14.2 Å². The Bertz CT molecular complexity index is 1440. The maximum atomic E-state index is 12.8. The Labute approximate surface area is 451 Å². The summed E-state index contributed by atoms with van der Waals surface area (Å²) in [7, 11) is 0. The van der Waals surface area contributed by atoms with E-state index in [1.165, 1.54) is 135 Å². The van der Waals surface area contributed by atoms with Crippen LogP contribution in [0.5, 0.6) is 0 Å². The van der Waals surface area contributed by atoms with E-state index in [9.17, 15) is 14.4 Å². The third kappa shape index (κ3) is 59.1. The summed E-state index contributed by atoms with van der Waals surface area (Å²) < 4.78 is 16.7. The lowest BCUT2D eigenvalue weighted by molar-refractivity contribution is -0.167. The summed E-state index contributed by atoms with van der Waals surface area (Å²) in [5.74, 6) is -0.896. The van der Waals surface area contributed by atoms with E-state index in [2.05, 4.69) is 118 Å². The first kappa shape index (κ1) is 69.3. The van der Waals surface area contributed by atoms with Crippen LogP contribution in [0.4, 0.5) is 0 Å². The highest BCUT2D eigenvalue weighted by molar-refractivity contribution is 5.71. The zero-order valence-electron chi connectivity index (χ0n) is 47.9. The summed E-state index contributed by atoms with van der Waals surface area (Å²) >= 11 is 0. The molecule has 0 rings (SSSR count). The topological polar surface area (TPSA) is 78.9 Å². The second kappa shape index (κ2) is 60.9. The molecule has 1 unspecified atom stereocenters. The van der Waals surface area contributed by atoms with Crippen LogP contribution in [0.3, 0.4) is 0 Å². The molecule has 0 N–H and O–H groups in total. The van der Waals surface area contributed by atoms with Gasteiger partial charge in [0.25, 0.3) is 0 Å². The van der Waals surface area contributed by atoms with E-state index in [1.54, 1.807) is 0 Å². The molecule has 0 fully saturated rings. The van der Waals surface area contributed by atoms with Gasteiger partial charge in [0.2, 0.25) is 0 Å². The lowest BCUT2D eigenvalue weighted by Crippen LogP contribution is -2.30. The van der Waals surface area contributed by atoms with Crippen molar-refractivity contribution in [2.45, 2.75) is 297 Å². The van der Waals surface area contributed by atoms with Crippen molar-refractivity contribution in [3.8, 4) is 0 Å². The molecular weight excluding hydrogens is 901 g/mol. The number of allylic oxidation sites excluding steroid dienone is 16. The summed E-state index contributed by atoms with van der Waals surface area (Å²) in [6.45, 7) is 6.45. The molecule has 0 spiro atoms. The third-order valence-corrected chi connectivity index (χ3v) is 13.1. The Balaban J connectivity index is 4.07. The molecule has 0 aliphatic heterocycles. The van der Waals surface area contributed by atoms with Crippen LogP contribution in [-0.4, -0.2) is 37.2 Å². The van der Waals surface area contributed by atoms with E-state index < -0.39 is 6.10 Å². The van der Waals surface area contributed by atoms with Crippen LogP contribution < -0.4 is 0 Å². The first-order valence-corrected chi connectivity index (χ1v) is 30.7. The molecule has 0 saturated carbocycles. The minimum absolute atomic E-state index is 0.0793. The van der Waals surface area contributed by atoms with Gasteiger partial charge in [0.1, 0.15) is 13.2 Å². The molecule has 0 saturated heterocycles. The molecule has 0 aliphatic rings. The quantitative estimate of drug-likeness (QED) is 0.0261. The van der Waals surface area contributed by atoms with Crippen molar-refractivity contribution in [1.82, 2.24) is 0 Å². The lowest BCUT2D eigenvalue weighted by atomic mass is 10.1. The zero-order valence-corrected chi connectivity index (χ0v) is 47.9. The van der Waals surface area contributed by atoms with Gasteiger partial charge in [-0.2, -0.15) is 0 Å². The van der Waals surface area contributed by atoms with Crippen molar-refractivity contribution in [2.24, 2.45) is 0 Å². The van der Waals surface area contributed by atoms with Crippen molar-refractivity contribution in [3.63, 3.8) is 0 Å². The first-order chi connectivity index (χ1) is 36.0. The number of hydrogen-bond acceptors (Lipinski definition) is 6. The van der Waals surface area contributed by atoms with Gasteiger partial charge in [-0.05, 0) is 103 Å². The van der Waals surface area contributed by atoms with E-state index >= 15 is 0 Å². The Hall–Kier alpha value is -3.67. The Morgan fingerprint density at radius 1 is 0.288 bits per heavy atom. The molecule has 0 amide bonds. The summed E-state index contributed by atoms with van der Waals surface area (Å²) in [6.07, 6.45) is 81.7. The van der Waals surface area contributed by atoms with E-state index in [-0.39, 0.29) is 31.1 Å². The van der Waals surface area contributed by atoms with Crippen molar-refractivity contribution >= 4 is 17.9 Å². The molecule has 0 radical (unpaired) electrons. The Morgan fingerprint density at radius 3 is 0.849 bits per heavy atom. The molecule has 418 valence electrons. The molecule has 0 aromatic heterocycles. The maximum absolute atomic E-state index is 12.8. The van der Waals surface area contributed by atoms with Gasteiger partial charge >= 0.3 is 17.9 Å². The van der Waals surface area contributed by atoms with Crippen LogP contribution >= 0.6 is 0 Å². The third-order valence-electron chi connectivity index (χ3n) is 13.1. The van der Waals surface area contributed by atoms with Crippen LogP contribution in [0.2, 0.25) is 0 Å². The number of hydrogen-bond donors (Lipinski definition) is 0. The van der Waals surface area contributed by atoms with Gasteiger partial charge < -0.3 is 14.2 Å². The highest BCUT2D eigenvalue weighted by atomic mass is 16.6. The van der Waals surface area contributed by atoms with E-state index in [0.717, 1.165) is 116 Å². The second-order valence-corrected chi connectivity index (χ2v) is 20.2. The molecule has 0 aromatic rings. The predicted octanol–water partition coefficient (Wildman–Crippen LogP) is 20.9. The minimum atomic E-state index is -0.777. The van der Waals surface area contributed by atoms with Crippen molar-refractivity contribution in [1.29, 1.82) is 0 Å². The minimum Gasteiger partial charge on any atom is -0.462 e. The predicted molar refractivity (Wildman–Crippen MR) is 316 cm³/mol.